The normalized spacial score (nSPS) is 18.9. The molecule has 1 aliphatic carbocycles. The number of anilines is 2. The van der Waals surface area contributed by atoms with Crippen LogP contribution in [0.2, 0.25) is 5.02 Å². The van der Waals surface area contributed by atoms with Crippen molar-refractivity contribution in [1.82, 2.24) is 50.8 Å². The number of ether oxygens (including phenoxy) is 2. The maximum atomic E-state index is 14.7. The number of ketones is 1. The van der Waals surface area contributed by atoms with E-state index in [1.165, 1.54) is 22.3 Å². The monoisotopic (exact) mass is 1110 g/mol. The highest BCUT2D eigenvalue weighted by atomic mass is 35.5. The largest absolute Gasteiger partial charge is 0.487 e. The molecule has 1 saturated carbocycles. The Labute approximate surface area is 460 Å². The Morgan fingerprint density at radius 1 is 0.974 bits per heavy atom. The number of amides is 3. The Kier molecular flexibility index (Phi) is 19.5. The van der Waals surface area contributed by atoms with Crippen LogP contribution >= 0.6 is 34.3 Å². The van der Waals surface area contributed by atoms with E-state index >= 15 is 0 Å². The summed E-state index contributed by atoms with van der Waals surface area (Å²) in [5.41, 5.74) is 4.78. The molecular formula is C55H67ClFN11O7S2. The van der Waals surface area contributed by atoms with Crippen LogP contribution in [-0.4, -0.2) is 121 Å². The molecule has 2 aliphatic rings. The number of aryl methyl sites for hydroxylation is 2. The van der Waals surface area contributed by atoms with Gasteiger partial charge in [-0.25, -0.2) is 24.0 Å². The number of carbonyl (C=O) groups excluding carboxylic acids is 4. The van der Waals surface area contributed by atoms with E-state index in [2.05, 4.69) is 41.5 Å². The molecule has 77 heavy (non-hydrogen) atoms. The number of thiazole rings is 2. The van der Waals surface area contributed by atoms with Gasteiger partial charge in [0.05, 0.1) is 58.8 Å². The van der Waals surface area contributed by atoms with Crippen LogP contribution in [0.3, 0.4) is 0 Å². The van der Waals surface area contributed by atoms with Crippen molar-refractivity contribution in [2.45, 2.75) is 123 Å². The van der Waals surface area contributed by atoms with Crippen LogP contribution in [-0.2, 0) is 49.8 Å². The Balaban J connectivity index is 0.747. The molecule has 6 aromatic rings. The van der Waals surface area contributed by atoms with Crippen molar-refractivity contribution in [2.75, 3.05) is 38.2 Å². The van der Waals surface area contributed by atoms with E-state index in [0.717, 1.165) is 32.5 Å². The number of rotatable bonds is 25. The minimum Gasteiger partial charge on any atom is -0.487 e. The highest BCUT2D eigenvalue weighted by molar-refractivity contribution is 7.13. The number of hydrogen-bond acceptors (Lipinski definition) is 16. The number of aromatic nitrogens is 6. The zero-order chi connectivity index (χ0) is 54.5. The number of carbonyl (C=O) groups is 4. The summed E-state index contributed by atoms with van der Waals surface area (Å²) in [5, 5.41) is 34.1. The van der Waals surface area contributed by atoms with Crippen LogP contribution in [0.15, 0.2) is 83.9 Å². The third-order valence-corrected chi connectivity index (χ3v) is 16.0. The van der Waals surface area contributed by atoms with Gasteiger partial charge in [-0.1, -0.05) is 74.0 Å². The number of β-amino-alcohol motifs (C(OH)–C–C–N with tert-alkyl or cyclic N) is 1. The lowest BCUT2D eigenvalue weighted by Gasteiger charge is -2.39. The van der Waals surface area contributed by atoms with Crippen molar-refractivity contribution in [3.05, 3.63) is 117 Å². The van der Waals surface area contributed by atoms with Crippen LogP contribution in [0, 0.1) is 23.6 Å². The molecule has 4 aromatic heterocycles. The second-order valence-corrected chi connectivity index (χ2v) is 22.9. The number of benzene rings is 2. The fourth-order valence-corrected chi connectivity index (χ4v) is 11.3. The van der Waals surface area contributed by atoms with Gasteiger partial charge in [0, 0.05) is 87.2 Å². The molecule has 2 fully saturated rings. The number of nitrogens with zero attached hydrogens (tertiary/aromatic N) is 7. The Bertz CT molecular complexity index is 2930. The summed E-state index contributed by atoms with van der Waals surface area (Å²) >= 11 is 9.06. The summed E-state index contributed by atoms with van der Waals surface area (Å²) in [6.45, 7) is 9.77. The molecule has 22 heteroatoms. The molecule has 2 aromatic carbocycles. The van der Waals surface area contributed by atoms with Gasteiger partial charge in [-0.3, -0.25) is 19.2 Å². The predicted octanol–water partition coefficient (Wildman–Crippen LogP) is 7.66. The Hall–Kier alpha value is -6.23. The highest BCUT2D eigenvalue weighted by Gasteiger charge is 2.45. The molecule has 410 valence electrons. The molecular weight excluding hydrogens is 1050 g/mol. The second-order valence-electron chi connectivity index (χ2n) is 20.8. The molecule has 1 saturated heterocycles. The minimum atomic E-state index is -0.929. The summed E-state index contributed by atoms with van der Waals surface area (Å²) in [7, 11) is 0. The first kappa shape index (κ1) is 57.0. The maximum absolute atomic E-state index is 14.7. The van der Waals surface area contributed by atoms with E-state index in [0.29, 0.717) is 82.9 Å². The number of halogens is 2. The van der Waals surface area contributed by atoms with E-state index in [9.17, 15) is 28.7 Å². The number of pyridine rings is 1. The molecule has 18 nitrogen and oxygen atoms in total. The lowest BCUT2D eigenvalue weighted by atomic mass is 9.66. The fourth-order valence-electron chi connectivity index (χ4n) is 9.77. The van der Waals surface area contributed by atoms with E-state index in [1.54, 1.807) is 34.3 Å². The van der Waals surface area contributed by atoms with Gasteiger partial charge in [-0.15, -0.1) is 27.8 Å². The molecule has 3 atom stereocenters. The Morgan fingerprint density at radius 3 is 2.51 bits per heavy atom. The van der Waals surface area contributed by atoms with Crippen LogP contribution in [0.25, 0.3) is 10.4 Å². The summed E-state index contributed by atoms with van der Waals surface area (Å²) < 4.78 is 28.3. The predicted molar refractivity (Wildman–Crippen MR) is 293 cm³/mol. The van der Waals surface area contributed by atoms with Crippen LogP contribution in [0.5, 0.6) is 5.75 Å². The maximum Gasteiger partial charge on any atom is 0.246 e. The number of likely N-dealkylation sites (tertiary alicyclic amines) is 1. The van der Waals surface area contributed by atoms with Crippen LogP contribution < -0.4 is 26.0 Å². The number of hydrogen-bond donors (Lipinski definition) is 5. The highest BCUT2D eigenvalue weighted by Crippen LogP contribution is 2.43. The van der Waals surface area contributed by atoms with Gasteiger partial charge in [0.2, 0.25) is 17.7 Å². The molecule has 1 aliphatic heterocycles. The van der Waals surface area contributed by atoms with Crippen LogP contribution in [0.4, 0.5) is 15.3 Å². The van der Waals surface area contributed by atoms with Crippen molar-refractivity contribution in [3.8, 4) is 16.2 Å². The number of nitrogens with one attached hydrogen (secondary N) is 4. The minimum absolute atomic E-state index is 0.00388. The molecule has 0 bridgehead atoms. The van der Waals surface area contributed by atoms with Crippen molar-refractivity contribution >= 4 is 68.7 Å². The first-order chi connectivity index (χ1) is 37.0. The smallest absolute Gasteiger partial charge is 0.246 e. The van der Waals surface area contributed by atoms with Crippen molar-refractivity contribution in [2.24, 2.45) is 10.8 Å². The molecule has 5 heterocycles. The molecule has 0 unspecified atom stereocenters. The van der Waals surface area contributed by atoms with E-state index in [1.807, 2.05) is 87.2 Å². The van der Waals surface area contributed by atoms with E-state index in [4.69, 9.17) is 26.1 Å². The summed E-state index contributed by atoms with van der Waals surface area (Å²) in [4.78, 5) is 71.1. The van der Waals surface area contributed by atoms with E-state index < -0.39 is 40.7 Å². The van der Waals surface area contributed by atoms with Crippen molar-refractivity contribution in [1.29, 1.82) is 0 Å². The molecule has 0 spiro atoms. The zero-order valence-corrected chi connectivity index (χ0v) is 46.2. The summed E-state index contributed by atoms with van der Waals surface area (Å²) in [6.07, 6.45) is 5.88. The third-order valence-electron chi connectivity index (χ3n) is 14.0. The second kappa shape index (κ2) is 26.4. The lowest BCUT2D eigenvalue weighted by molar-refractivity contribution is -0.144. The number of Topliss-reactive ketones (excluding diaryl/α,β-unsaturated/α-hetero) is 1. The molecule has 5 N–H and O–H groups in total. The van der Waals surface area contributed by atoms with Crippen molar-refractivity contribution < 1.29 is 38.1 Å². The third kappa shape index (κ3) is 15.5. The Morgan fingerprint density at radius 2 is 1.77 bits per heavy atom. The first-order valence-corrected chi connectivity index (χ1v) is 28.2. The van der Waals surface area contributed by atoms with Gasteiger partial charge in [0.1, 0.15) is 23.7 Å². The van der Waals surface area contributed by atoms with Gasteiger partial charge in [-0.05, 0) is 73.4 Å². The van der Waals surface area contributed by atoms with Gasteiger partial charge in [0.25, 0.3) is 0 Å². The van der Waals surface area contributed by atoms with E-state index in [-0.39, 0.29) is 66.8 Å². The lowest BCUT2D eigenvalue weighted by Crippen LogP contribution is -2.57. The standard InChI is InChI=1S/C55H67ClFN11O7S2/c1-35-49(77-34-61-35)37-13-11-36(12-14-37)31-60-51(72)43-29-40(69)33-68(43)52(73)50(54(2,3)4)64-47(71)19-22-58-23-26-74-27-25-67-32-39(65-66-67)15-16-45(70)55(30-38-7-5-10-46(62-38)63-53-59-24-28-76-53)20-17-41(18-21-55)75-44-9-6-8-42(56)48(44)57/h5-14,24,28,32,34,40-41,43,50,58,69H,15-23,25-27,29-31,33H2,1-4H3,(H,60,72)(H,64,71)(H,59,62,63)/t40-,41?,43+,50-,55?/m1/s1. The van der Waals surface area contributed by atoms with Crippen LogP contribution in [0.1, 0.15) is 88.4 Å². The van der Waals surface area contributed by atoms with Gasteiger partial charge >= 0.3 is 0 Å². The average Bonchev–Trinajstić information content (AvgIpc) is 4.27. The molecule has 3 amide bonds. The molecule has 8 rings (SSSR count). The first-order valence-electron chi connectivity index (χ1n) is 26.0. The van der Waals surface area contributed by atoms with Gasteiger partial charge < -0.3 is 40.7 Å². The SMILES string of the molecule is Cc1ncsc1-c1ccc(CNC(=O)[C@@H]2C[C@@H](O)CN2C(=O)[C@@H](NC(=O)CCNCCOCCn2cc(CCC(=O)C3(Cc4cccc(Nc5nccs5)n4)CCC(Oc4cccc(Cl)c4F)CC3)nn2)C(C)(C)C)cc1. The fraction of sp³-hybridized carbons (Fsp3) is 0.473. The van der Waals surface area contributed by atoms with Gasteiger partial charge in [-0.2, -0.15) is 0 Å². The summed E-state index contributed by atoms with van der Waals surface area (Å²) in [5.74, 6) is -0.855. The number of aliphatic hydroxyl groups excluding tert-OH is 1. The zero-order valence-electron chi connectivity index (χ0n) is 43.8. The van der Waals surface area contributed by atoms with Crippen molar-refractivity contribution in [3.63, 3.8) is 0 Å². The topological polar surface area (TPSA) is 228 Å². The molecule has 0 radical (unpaired) electrons. The quantitative estimate of drug-likeness (QED) is 0.0347. The summed E-state index contributed by atoms with van der Waals surface area (Å²) in [6, 6.07) is 16.5. The number of aliphatic hydroxyl groups is 1. The average molecular weight is 1110 g/mol. The van der Waals surface area contributed by atoms with Gasteiger partial charge in [0.15, 0.2) is 16.7 Å².